The van der Waals surface area contributed by atoms with Crippen molar-refractivity contribution in [2.24, 2.45) is 0 Å². The minimum atomic E-state index is -1.09. The number of likely N-dealkylation sites (N-methyl/N-ethyl adjacent to an activating group) is 1. The Balaban J connectivity index is 2.83. The molecule has 0 bridgehead atoms. The molecule has 1 atom stereocenters. The number of carboxylic acid groups (broad SMARTS) is 1. The summed E-state index contributed by atoms with van der Waals surface area (Å²) >= 11 is 0. The van der Waals surface area contributed by atoms with Crippen LogP contribution in [0.4, 0.5) is 0 Å². The van der Waals surface area contributed by atoms with Crippen molar-refractivity contribution in [3.8, 4) is 0 Å². The van der Waals surface area contributed by atoms with E-state index in [0.717, 1.165) is 13.0 Å². The summed E-state index contributed by atoms with van der Waals surface area (Å²) in [7, 11) is 3.43. The summed E-state index contributed by atoms with van der Waals surface area (Å²) in [6.45, 7) is 4.96. The topological polar surface area (TPSA) is 74.0 Å². The van der Waals surface area contributed by atoms with Gasteiger partial charge >= 0.3 is 5.97 Å². The smallest absolute Gasteiger partial charge is 0.371 e. The molecule has 6 heteroatoms. The van der Waals surface area contributed by atoms with Gasteiger partial charge in [-0.25, -0.2) is 4.79 Å². The standard InChI is InChI=1S/C14H22N2O4/c1-5-8-16(9-13(17)15(3)4)10(2)11-6-7-12(20-11)14(18)19/h6-7,10H,5,8-9H2,1-4H3,(H,18,19). The molecule has 20 heavy (non-hydrogen) atoms. The van der Waals surface area contributed by atoms with Gasteiger partial charge in [0.05, 0.1) is 12.6 Å². The van der Waals surface area contributed by atoms with E-state index in [1.165, 1.54) is 6.07 Å². The van der Waals surface area contributed by atoms with Crippen LogP contribution in [0.1, 0.15) is 42.6 Å². The molecule has 1 aromatic rings. The highest BCUT2D eigenvalue weighted by molar-refractivity contribution is 5.84. The number of amides is 1. The lowest BCUT2D eigenvalue weighted by Crippen LogP contribution is -2.38. The van der Waals surface area contributed by atoms with Crippen LogP contribution < -0.4 is 0 Å². The molecule has 1 heterocycles. The fourth-order valence-corrected chi connectivity index (χ4v) is 1.88. The van der Waals surface area contributed by atoms with Gasteiger partial charge in [0.1, 0.15) is 5.76 Å². The Morgan fingerprint density at radius 1 is 1.35 bits per heavy atom. The molecule has 0 spiro atoms. The van der Waals surface area contributed by atoms with E-state index in [-0.39, 0.29) is 24.3 Å². The fraction of sp³-hybridized carbons (Fsp3) is 0.571. The SMILES string of the molecule is CCCN(CC(=O)N(C)C)C(C)c1ccc(C(=O)O)o1. The second-order valence-corrected chi connectivity index (χ2v) is 4.94. The molecule has 0 radical (unpaired) electrons. The number of hydrogen-bond donors (Lipinski definition) is 1. The summed E-state index contributed by atoms with van der Waals surface area (Å²) in [4.78, 5) is 26.2. The Kier molecular flexibility index (Phi) is 5.76. The second-order valence-electron chi connectivity index (χ2n) is 4.94. The first-order valence-electron chi connectivity index (χ1n) is 6.64. The molecule has 0 fully saturated rings. The number of hydrogen-bond acceptors (Lipinski definition) is 4. The monoisotopic (exact) mass is 282 g/mol. The van der Waals surface area contributed by atoms with Crippen LogP contribution in [0.25, 0.3) is 0 Å². The molecule has 1 rings (SSSR count). The van der Waals surface area contributed by atoms with Crippen LogP contribution in [0.2, 0.25) is 0 Å². The van der Waals surface area contributed by atoms with Gasteiger partial charge in [0, 0.05) is 14.1 Å². The van der Waals surface area contributed by atoms with Gasteiger partial charge in [-0.2, -0.15) is 0 Å². The van der Waals surface area contributed by atoms with Crippen molar-refractivity contribution < 1.29 is 19.1 Å². The highest BCUT2D eigenvalue weighted by atomic mass is 16.4. The molecule has 6 nitrogen and oxygen atoms in total. The van der Waals surface area contributed by atoms with Gasteiger partial charge < -0.3 is 14.4 Å². The maximum absolute atomic E-state index is 11.8. The van der Waals surface area contributed by atoms with Crippen molar-refractivity contribution >= 4 is 11.9 Å². The Bertz CT molecular complexity index is 467. The number of carbonyl (C=O) groups is 2. The van der Waals surface area contributed by atoms with E-state index < -0.39 is 5.97 Å². The average molecular weight is 282 g/mol. The number of carbonyl (C=O) groups excluding carboxylic acids is 1. The van der Waals surface area contributed by atoms with Gasteiger partial charge in [-0.3, -0.25) is 9.69 Å². The van der Waals surface area contributed by atoms with Crippen molar-refractivity contribution in [3.63, 3.8) is 0 Å². The average Bonchev–Trinajstić information content (AvgIpc) is 2.86. The van der Waals surface area contributed by atoms with Crippen LogP contribution in [0, 0.1) is 0 Å². The lowest BCUT2D eigenvalue weighted by Gasteiger charge is -2.27. The maximum Gasteiger partial charge on any atom is 0.371 e. The van der Waals surface area contributed by atoms with Crippen molar-refractivity contribution in [2.45, 2.75) is 26.3 Å². The van der Waals surface area contributed by atoms with Crippen LogP contribution in [0.5, 0.6) is 0 Å². The molecule has 0 aliphatic carbocycles. The molecule has 112 valence electrons. The lowest BCUT2D eigenvalue weighted by molar-refractivity contribution is -0.130. The van der Waals surface area contributed by atoms with E-state index in [1.54, 1.807) is 25.1 Å². The first-order chi connectivity index (χ1) is 9.36. The summed E-state index contributed by atoms with van der Waals surface area (Å²) in [5.41, 5.74) is 0. The third-order valence-electron chi connectivity index (χ3n) is 3.15. The predicted octanol–water partition coefficient (Wildman–Crippen LogP) is 1.84. The van der Waals surface area contributed by atoms with Crippen molar-refractivity contribution in [2.75, 3.05) is 27.2 Å². The molecule has 1 amide bonds. The molecule has 1 aromatic heterocycles. The first-order valence-corrected chi connectivity index (χ1v) is 6.64. The zero-order valence-electron chi connectivity index (χ0n) is 12.4. The number of aromatic carboxylic acids is 1. The van der Waals surface area contributed by atoms with Crippen molar-refractivity contribution in [3.05, 3.63) is 23.7 Å². The van der Waals surface area contributed by atoms with Crippen LogP contribution in [-0.2, 0) is 4.79 Å². The van der Waals surface area contributed by atoms with Crippen LogP contribution in [0.3, 0.4) is 0 Å². The minimum Gasteiger partial charge on any atom is -0.475 e. The Morgan fingerprint density at radius 2 is 2.00 bits per heavy atom. The van der Waals surface area contributed by atoms with E-state index in [1.807, 2.05) is 18.7 Å². The van der Waals surface area contributed by atoms with Gasteiger partial charge in [-0.1, -0.05) is 6.92 Å². The Morgan fingerprint density at radius 3 is 2.45 bits per heavy atom. The Hall–Kier alpha value is -1.82. The molecule has 0 aliphatic heterocycles. The molecule has 0 saturated carbocycles. The summed E-state index contributed by atoms with van der Waals surface area (Å²) in [5, 5.41) is 8.87. The van der Waals surface area contributed by atoms with Crippen LogP contribution >= 0.6 is 0 Å². The third kappa shape index (κ3) is 4.09. The molecule has 1 N–H and O–H groups in total. The van der Waals surface area contributed by atoms with Gasteiger partial charge in [0.25, 0.3) is 0 Å². The second kappa shape index (κ2) is 7.09. The largest absolute Gasteiger partial charge is 0.475 e. The molecule has 1 unspecified atom stereocenters. The summed E-state index contributed by atoms with van der Waals surface area (Å²) in [6, 6.07) is 2.94. The summed E-state index contributed by atoms with van der Waals surface area (Å²) in [6.07, 6.45) is 0.900. The number of rotatable bonds is 7. The maximum atomic E-state index is 11.8. The van der Waals surface area contributed by atoms with E-state index in [2.05, 4.69) is 0 Å². The van der Waals surface area contributed by atoms with Gasteiger partial charge in [0.15, 0.2) is 0 Å². The van der Waals surface area contributed by atoms with E-state index in [9.17, 15) is 9.59 Å². The zero-order valence-corrected chi connectivity index (χ0v) is 12.4. The van der Waals surface area contributed by atoms with E-state index >= 15 is 0 Å². The normalized spacial score (nSPS) is 12.4. The minimum absolute atomic E-state index is 0.00955. The molecule has 0 aromatic carbocycles. The predicted molar refractivity (Wildman–Crippen MR) is 74.6 cm³/mol. The number of carboxylic acids is 1. The fourth-order valence-electron chi connectivity index (χ4n) is 1.88. The summed E-state index contributed by atoms with van der Waals surface area (Å²) < 4.78 is 5.31. The molecular weight excluding hydrogens is 260 g/mol. The van der Waals surface area contributed by atoms with Gasteiger partial charge in [0.2, 0.25) is 11.7 Å². The molecule has 0 saturated heterocycles. The van der Waals surface area contributed by atoms with Crippen LogP contribution in [-0.4, -0.2) is 54.0 Å². The van der Waals surface area contributed by atoms with Crippen molar-refractivity contribution in [1.29, 1.82) is 0 Å². The Labute approximate surface area is 119 Å². The highest BCUT2D eigenvalue weighted by Gasteiger charge is 2.22. The zero-order chi connectivity index (χ0) is 15.3. The number of furan rings is 1. The molecular formula is C14H22N2O4. The quantitative estimate of drug-likeness (QED) is 0.826. The van der Waals surface area contributed by atoms with Crippen LogP contribution in [0.15, 0.2) is 16.5 Å². The highest BCUT2D eigenvalue weighted by Crippen LogP contribution is 2.22. The van der Waals surface area contributed by atoms with E-state index in [4.69, 9.17) is 9.52 Å². The third-order valence-corrected chi connectivity index (χ3v) is 3.15. The van der Waals surface area contributed by atoms with Gasteiger partial charge in [-0.15, -0.1) is 0 Å². The summed E-state index contributed by atoms with van der Waals surface area (Å²) in [5.74, 6) is -0.602. The van der Waals surface area contributed by atoms with Crippen molar-refractivity contribution in [1.82, 2.24) is 9.80 Å². The van der Waals surface area contributed by atoms with Gasteiger partial charge in [-0.05, 0) is 32.0 Å². The molecule has 0 aliphatic rings. The lowest BCUT2D eigenvalue weighted by atomic mass is 10.2. The van der Waals surface area contributed by atoms with E-state index in [0.29, 0.717) is 5.76 Å². The first kappa shape index (κ1) is 16.2. The number of nitrogens with zero attached hydrogens (tertiary/aromatic N) is 2.